The van der Waals surface area contributed by atoms with Gasteiger partial charge in [0.15, 0.2) is 34.9 Å². The number of thiophene rings is 4. The van der Waals surface area contributed by atoms with Crippen molar-refractivity contribution in [2.45, 2.75) is 75.0 Å². The van der Waals surface area contributed by atoms with Gasteiger partial charge in [-0.1, -0.05) is 182 Å². The molecule has 0 unspecified atom stereocenters. The molecule has 0 aliphatic heterocycles. The van der Waals surface area contributed by atoms with Crippen molar-refractivity contribution >= 4 is 126 Å². The number of fused-ring (bicyclic) bond motifs is 18. The Kier molecular flexibility index (Phi) is 12.4. The van der Waals surface area contributed by atoms with E-state index in [-0.39, 0.29) is 10.8 Å². The first kappa shape index (κ1) is 60.5. The highest BCUT2D eigenvalue weighted by atomic mass is 32.1. The third kappa shape index (κ3) is 8.16. The van der Waals surface area contributed by atoms with E-state index in [0.29, 0.717) is 47.0 Å². The summed E-state index contributed by atoms with van der Waals surface area (Å²) in [6.45, 7) is 0. The van der Waals surface area contributed by atoms with Gasteiger partial charge in [-0.15, -0.1) is 45.3 Å². The normalized spacial score (nSPS) is 23.8. The Morgan fingerprint density at radius 3 is 1.11 bits per heavy atom. The number of hydrogen-bond donors (Lipinski definition) is 0. The third-order valence-corrected chi connectivity index (χ3v) is 32.7. The zero-order chi connectivity index (χ0) is 70.0. The van der Waals surface area contributed by atoms with Crippen LogP contribution in [0.5, 0.6) is 0 Å². The fourth-order valence-corrected chi connectivity index (χ4v) is 29.1. The molecule has 0 N–H and O–H groups in total. The Morgan fingerprint density at radius 2 is 0.574 bits per heavy atom. The molecule has 8 bridgehead atoms. The predicted octanol–water partition coefficient (Wildman–Crippen LogP) is 26.6. The summed E-state index contributed by atoms with van der Waals surface area (Å²) in [7, 11) is 0. The molecule has 10 heteroatoms. The van der Waals surface area contributed by atoms with Crippen LogP contribution in [0.1, 0.15) is 86.5 Å². The van der Waals surface area contributed by atoms with Crippen molar-refractivity contribution in [2.24, 2.45) is 47.3 Å². The van der Waals surface area contributed by atoms with E-state index < -0.39 is 0 Å². The van der Waals surface area contributed by atoms with Gasteiger partial charge in [0, 0.05) is 125 Å². The van der Waals surface area contributed by atoms with E-state index in [1.54, 1.807) is 5.56 Å². The van der Waals surface area contributed by atoms with Gasteiger partial charge in [0.25, 0.3) is 0 Å². The van der Waals surface area contributed by atoms with Crippen LogP contribution >= 0.6 is 45.3 Å². The van der Waals surface area contributed by atoms with Gasteiger partial charge in [-0.2, -0.15) is 0 Å². The lowest BCUT2D eigenvalue weighted by Gasteiger charge is -2.61. The van der Waals surface area contributed by atoms with Gasteiger partial charge in [-0.25, -0.2) is 29.9 Å². The Morgan fingerprint density at radius 1 is 0.231 bits per heavy atom. The molecule has 6 heterocycles. The second-order valence-electron chi connectivity index (χ2n) is 33.1. The van der Waals surface area contributed by atoms with E-state index >= 15 is 0 Å². The summed E-state index contributed by atoms with van der Waals surface area (Å²) in [6.07, 6.45) is 13.3. The number of benzene rings is 12. The minimum absolute atomic E-state index is 0.0180. The van der Waals surface area contributed by atoms with Crippen LogP contribution in [-0.2, 0) is 10.8 Å². The smallest absolute Gasteiger partial charge is 0.165 e. The lowest BCUT2D eigenvalue weighted by molar-refractivity contribution is -0.0399. The van der Waals surface area contributed by atoms with E-state index in [0.717, 1.165) is 68.7 Å². The van der Waals surface area contributed by atoms with Crippen molar-refractivity contribution < 1.29 is 0 Å². The third-order valence-electron chi connectivity index (χ3n) is 28.0. The number of rotatable bonds is 7. The van der Waals surface area contributed by atoms with Crippen LogP contribution in [0.4, 0.5) is 0 Å². The molecule has 28 rings (SSSR count). The average Bonchev–Trinajstić information content (AvgIpc) is 1.49. The van der Waals surface area contributed by atoms with Gasteiger partial charge in [-0.3, -0.25) is 0 Å². The zero-order valence-electron chi connectivity index (χ0n) is 59.1. The monoisotopic (exact) mass is 1460 g/mol. The van der Waals surface area contributed by atoms with Crippen LogP contribution in [0.25, 0.3) is 182 Å². The number of hydrogen-bond acceptors (Lipinski definition) is 10. The SMILES string of the molecule is c1ccc2c(c1)-c1c(-c3nc(-c4cccc5c4sc4ccccc45)nc(-c4cccc5c4sc4ccc(-c6ccc7c(c6)C6(c8cccc(-c9nc(-c%10cccc%11sc%12ccccc%12c%10%11)nc(-c%10cccc%11sc%12ccccc%12c%10%11)n9)c8-7)C7CC8CC(C7)CC6C8)cc45)n3)cccc1C21C2CC3CC(C2)CC1C3. The first-order valence-corrected chi connectivity index (χ1v) is 42.4. The van der Waals surface area contributed by atoms with E-state index in [4.69, 9.17) is 29.9 Å². The van der Waals surface area contributed by atoms with Crippen LogP contribution < -0.4 is 0 Å². The fourth-order valence-electron chi connectivity index (χ4n) is 24.5. The van der Waals surface area contributed by atoms with Gasteiger partial charge in [0.05, 0.1) is 0 Å². The van der Waals surface area contributed by atoms with E-state index in [2.05, 4.69) is 243 Å². The Hall–Kier alpha value is -10.5. The lowest BCUT2D eigenvalue weighted by atomic mass is 9.43. The van der Waals surface area contributed by atoms with Crippen molar-refractivity contribution in [2.75, 3.05) is 0 Å². The summed E-state index contributed by atoms with van der Waals surface area (Å²) in [4.78, 5) is 34.3. The van der Waals surface area contributed by atoms with Crippen molar-refractivity contribution in [3.63, 3.8) is 0 Å². The number of nitrogens with zero attached hydrogens (tertiary/aromatic N) is 6. The zero-order valence-corrected chi connectivity index (χ0v) is 62.4. The Balaban J connectivity index is 0.642. The summed E-state index contributed by atoms with van der Waals surface area (Å²) < 4.78 is 9.91. The van der Waals surface area contributed by atoms with Gasteiger partial charge in [0.1, 0.15) is 0 Å². The maximum absolute atomic E-state index is 5.78. The molecular formula is C98H68N6S4. The maximum Gasteiger partial charge on any atom is 0.165 e. The molecular weight excluding hydrogens is 1390 g/mol. The highest BCUT2D eigenvalue weighted by molar-refractivity contribution is 7.27. The summed E-state index contributed by atoms with van der Waals surface area (Å²) in [5, 5.41) is 9.84. The first-order valence-electron chi connectivity index (χ1n) is 39.1. The Bertz CT molecular complexity index is 6840. The highest BCUT2D eigenvalue weighted by Crippen LogP contribution is 2.72. The summed E-state index contributed by atoms with van der Waals surface area (Å²) >= 11 is 7.38. The number of aromatic nitrogens is 6. The van der Waals surface area contributed by atoms with Crippen molar-refractivity contribution in [3.8, 4) is 102 Å². The molecule has 8 saturated carbocycles. The van der Waals surface area contributed by atoms with Crippen LogP contribution in [0.3, 0.4) is 0 Å². The molecule has 0 amide bonds. The minimum atomic E-state index is -0.135. The van der Waals surface area contributed by atoms with Gasteiger partial charge >= 0.3 is 0 Å². The molecule has 10 aliphatic rings. The van der Waals surface area contributed by atoms with E-state index in [1.165, 1.54) is 195 Å². The molecule has 10 aliphatic carbocycles. The second-order valence-corrected chi connectivity index (χ2v) is 37.3. The van der Waals surface area contributed by atoms with Crippen LogP contribution in [-0.4, -0.2) is 29.9 Å². The minimum Gasteiger partial charge on any atom is -0.208 e. The van der Waals surface area contributed by atoms with Crippen molar-refractivity contribution in [1.29, 1.82) is 0 Å². The predicted molar refractivity (Wildman–Crippen MR) is 449 cm³/mol. The molecule has 0 atom stereocenters. The lowest BCUT2D eigenvalue weighted by Crippen LogP contribution is -2.55. The second kappa shape index (κ2) is 22.1. The van der Waals surface area contributed by atoms with Gasteiger partial charge in [0.2, 0.25) is 0 Å². The molecule has 8 fully saturated rings. The maximum atomic E-state index is 5.78. The Labute approximate surface area is 640 Å². The molecule has 18 aromatic rings. The molecule has 514 valence electrons. The molecule has 2 spiro atoms. The van der Waals surface area contributed by atoms with E-state index in [9.17, 15) is 0 Å². The molecule has 12 aromatic carbocycles. The summed E-state index contributed by atoms with van der Waals surface area (Å²) in [5.74, 6) is 10.0. The summed E-state index contributed by atoms with van der Waals surface area (Å²) in [5.41, 5.74) is 20.1. The van der Waals surface area contributed by atoms with Crippen LogP contribution in [0.2, 0.25) is 0 Å². The molecule has 108 heavy (non-hydrogen) atoms. The standard InChI is InChI=1S/C98H68N6S4/c1-5-27-75-64(16-1)85-68(21-11-28-76(85)97(75)57-41-51-39-52(43-57)44-58(97)42-51)92-102-95(72-25-9-19-62-61-15-2-6-30-79(61)107-89(62)72)104-96(103-92)73-26-10-20-63-74-49-55(36-38-82(74)108-90(63)73)56-35-37-65-78(50-56)98(59-45-53-40-54(47-59)48-60(98)46-53)77-29-12-22-69(86(65)77)91-99-93(70-23-13-33-83-87(70)66-17-3-7-31-80(66)105-83)101-94(100-91)71-24-14-34-84-88(71)67-18-4-8-32-81(67)106-84/h1-38,49-54,57-60H,39-48H2. The van der Waals surface area contributed by atoms with Crippen molar-refractivity contribution in [1.82, 2.24) is 29.9 Å². The van der Waals surface area contributed by atoms with Crippen molar-refractivity contribution in [3.05, 3.63) is 265 Å². The quantitative estimate of drug-likeness (QED) is 0.158. The highest BCUT2D eigenvalue weighted by Gasteiger charge is 2.64. The first-order chi connectivity index (χ1) is 53.4. The van der Waals surface area contributed by atoms with Crippen LogP contribution in [0, 0.1) is 47.3 Å². The molecule has 0 saturated heterocycles. The largest absolute Gasteiger partial charge is 0.208 e. The molecule has 6 aromatic heterocycles. The van der Waals surface area contributed by atoms with E-state index in [1.807, 2.05) is 45.3 Å². The average molecular weight is 1460 g/mol. The molecule has 0 radical (unpaired) electrons. The van der Waals surface area contributed by atoms with Gasteiger partial charge in [-0.05, 0) is 228 Å². The summed E-state index contributed by atoms with van der Waals surface area (Å²) in [6, 6.07) is 92.0. The fraction of sp³-hybridized carbons (Fsp3) is 0.204. The molecule has 6 nitrogen and oxygen atoms in total. The van der Waals surface area contributed by atoms with Gasteiger partial charge < -0.3 is 0 Å². The van der Waals surface area contributed by atoms with Crippen LogP contribution in [0.15, 0.2) is 243 Å². The topological polar surface area (TPSA) is 77.3 Å².